The Morgan fingerprint density at radius 2 is 1.44 bits per heavy atom. The molecule has 2 aliphatic carbocycles. The molecular weight excluding hydrogens is 344 g/mol. The number of aromatic hydroxyl groups is 1. The average molecular weight is 379 g/mol. The maximum absolute atomic E-state index is 9.42. The third-order valence-corrected chi connectivity index (χ3v) is 5.72. The van der Waals surface area contributed by atoms with E-state index in [4.69, 9.17) is 19.6 Å². The van der Waals surface area contributed by atoms with E-state index in [0.717, 1.165) is 44.9 Å². The van der Waals surface area contributed by atoms with Gasteiger partial charge in [0.2, 0.25) is 11.6 Å². The van der Waals surface area contributed by atoms with Gasteiger partial charge in [-0.3, -0.25) is 0 Å². The van der Waals surface area contributed by atoms with Crippen molar-refractivity contribution in [2.24, 2.45) is 5.92 Å². The first kappa shape index (κ1) is 20.6. The summed E-state index contributed by atoms with van der Waals surface area (Å²) in [4.78, 5) is 23.0. The summed E-state index contributed by atoms with van der Waals surface area (Å²) in [6, 6.07) is 7.47. The highest BCUT2D eigenvalue weighted by molar-refractivity contribution is 5.28. The van der Waals surface area contributed by atoms with E-state index in [0.29, 0.717) is 17.6 Å². The minimum Gasteiger partial charge on any atom is -0.508 e. The van der Waals surface area contributed by atoms with Crippen molar-refractivity contribution in [2.75, 3.05) is 0 Å². The van der Waals surface area contributed by atoms with Crippen LogP contribution in [0, 0.1) is 5.92 Å². The van der Waals surface area contributed by atoms with Crippen molar-refractivity contribution < 1.29 is 24.7 Å². The largest absolute Gasteiger partial charge is 0.508 e. The molecule has 4 rings (SSSR count). The van der Waals surface area contributed by atoms with E-state index in [1.807, 2.05) is 12.1 Å². The van der Waals surface area contributed by atoms with Crippen molar-refractivity contribution in [3.63, 3.8) is 0 Å². The second-order valence-corrected chi connectivity index (χ2v) is 8.43. The summed E-state index contributed by atoms with van der Waals surface area (Å²) >= 11 is 0. The number of hydrogen-bond acceptors (Lipinski definition) is 5. The molecule has 1 unspecified atom stereocenters. The van der Waals surface area contributed by atoms with Crippen LogP contribution in [0.4, 0.5) is 0 Å². The van der Waals surface area contributed by atoms with Crippen LogP contribution in [0.25, 0.3) is 0 Å². The minimum atomic E-state index is -0.765. The molecule has 2 spiro atoms. The molecule has 5 heteroatoms. The lowest BCUT2D eigenvalue weighted by atomic mass is 9.81. The Labute approximate surface area is 162 Å². The Kier molecular flexibility index (Phi) is 6.79. The van der Waals surface area contributed by atoms with Gasteiger partial charge in [0.05, 0.1) is 0 Å². The molecule has 1 aliphatic heterocycles. The summed E-state index contributed by atoms with van der Waals surface area (Å²) in [6.07, 6.45) is 8.54. The Bertz CT molecular complexity index is 567. The normalized spacial score (nSPS) is 36.3. The molecule has 1 atom stereocenters. The van der Waals surface area contributed by atoms with Crippen LogP contribution in [0.5, 0.6) is 5.75 Å². The molecule has 0 bridgehead atoms. The first-order valence-electron chi connectivity index (χ1n) is 10.5. The molecule has 5 nitrogen and oxygen atoms in total. The standard InChI is InChI=1S/C19H26O5.C3H8/c1-14-3-2-10-19(13-14)23-21-18(22-24-19)11-8-16(9-12-18)15-4-6-17(20)7-5-15;1-3-2/h4-7,14,16,20H,2-3,8-13H2,1H3;3H2,1-2H3. The van der Waals surface area contributed by atoms with E-state index < -0.39 is 11.6 Å². The monoisotopic (exact) mass is 378 g/mol. The Hall–Kier alpha value is -1.14. The van der Waals surface area contributed by atoms with E-state index in [1.54, 1.807) is 12.1 Å². The number of benzene rings is 1. The van der Waals surface area contributed by atoms with Crippen molar-refractivity contribution in [1.29, 1.82) is 0 Å². The highest BCUT2D eigenvalue weighted by Gasteiger charge is 2.51. The second-order valence-electron chi connectivity index (χ2n) is 8.43. The van der Waals surface area contributed by atoms with E-state index in [9.17, 15) is 5.11 Å². The molecule has 0 radical (unpaired) electrons. The highest BCUT2D eigenvalue weighted by atomic mass is 17.4. The van der Waals surface area contributed by atoms with Gasteiger partial charge in [0, 0.05) is 25.7 Å². The zero-order valence-electron chi connectivity index (χ0n) is 16.9. The number of phenolic OH excluding ortho intramolecular Hbond substituents is 1. The van der Waals surface area contributed by atoms with E-state index in [1.165, 1.54) is 18.4 Å². The van der Waals surface area contributed by atoms with Crippen molar-refractivity contribution in [3.8, 4) is 5.75 Å². The molecule has 1 aromatic rings. The average Bonchev–Trinajstić information content (AvgIpc) is 2.67. The zero-order chi connectivity index (χ0) is 19.3. The summed E-state index contributed by atoms with van der Waals surface area (Å²) in [5, 5.41) is 9.42. The third kappa shape index (κ3) is 5.02. The molecule has 1 heterocycles. The van der Waals surface area contributed by atoms with Crippen LogP contribution in [0.3, 0.4) is 0 Å². The maximum Gasteiger partial charge on any atom is 0.234 e. The smallest absolute Gasteiger partial charge is 0.234 e. The van der Waals surface area contributed by atoms with Crippen LogP contribution in [-0.4, -0.2) is 16.7 Å². The molecule has 1 N–H and O–H groups in total. The fourth-order valence-corrected chi connectivity index (χ4v) is 4.24. The van der Waals surface area contributed by atoms with E-state index in [-0.39, 0.29) is 0 Å². The number of rotatable bonds is 1. The minimum absolute atomic E-state index is 0.304. The highest BCUT2D eigenvalue weighted by Crippen LogP contribution is 2.47. The van der Waals surface area contributed by atoms with Gasteiger partial charge in [-0.05, 0) is 48.8 Å². The van der Waals surface area contributed by atoms with Gasteiger partial charge in [-0.2, -0.15) is 19.6 Å². The van der Waals surface area contributed by atoms with Crippen molar-refractivity contribution in [3.05, 3.63) is 29.8 Å². The predicted octanol–water partition coefficient (Wildman–Crippen LogP) is 5.98. The van der Waals surface area contributed by atoms with Gasteiger partial charge >= 0.3 is 0 Å². The Morgan fingerprint density at radius 1 is 0.889 bits per heavy atom. The molecule has 3 fully saturated rings. The summed E-state index contributed by atoms with van der Waals surface area (Å²) in [5.74, 6) is -0.158. The van der Waals surface area contributed by atoms with Gasteiger partial charge in [0.1, 0.15) is 5.75 Å². The molecule has 1 aromatic carbocycles. The van der Waals surface area contributed by atoms with Crippen molar-refractivity contribution >= 4 is 0 Å². The summed E-state index contributed by atoms with van der Waals surface area (Å²) in [7, 11) is 0. The topological polar surface area (TPSA) is 57.2 Å². The van der Waals surface area contributed by atoms with E-state index >= 15 is 0 Å². The lowest BCUT2D eigenvalue weighted by molar-refractivity contribution is -0.663. The molecule has 3 aliphatic rings. The molecule has 1 saturated heterocycles. The summed E-state index contributed by atoms with van der Waals surface area (Å²) in [6.45, 7) is 6.46. The van der Waals surface area contributed by atoms with Crippen LogP contribution >= 0.6 is 0 Å². The van der Waals surface area contributed by atoms with Crippen LogP contribution < -0.4 is 0 Å². The van der Waals surface area contributed by atoms with Crippen molar-refractivity contribution in [1.82, 2.24) is 0 Å². The first-order chi connectivity index (χ1) is 13.0. The summed E-state index contributed by atoms with van der Waals surface area (Å²) < 4.78 is 0. The Balaban J connectivity index is 0.000000659. The fourth-order valence-electron chi connectivity index (χ4n) is 4.24. The van der Waals surface area contributed by atoms with Crippen LogP contribution in [0.2, 0.25) is 0 Å². The lowest BCUT2D eigenvalue weighted by Gasteiger charge is -2.47. The van der Waals surface area contributed by atoms with Gasteiger partial charge in [0.15, 0.2) is 0 Å². The molecule has 152 valence electrons. The molecule has 27 heavy (non-hydrogen) atoms. The Morgan fingerprint density at radius 3 is 2.00 bits per heavy atom. The van der Waals surface area contributed by atoms with Gasteiger partial charge in [-0.15, -0.1) is 0 Å². The first-order valence-corrected chi connectivity index (χ1v) is 10.5. The van der Waals surface area contributed by atoms with Crippen LogP contribution in [-0.2, 0) is 19.6 Å². The SMILES string of the molecule is CC1CCCC2(C1)OOC1(CCC(c3ccc(O)cc3)CC1)OO2.CCC. The second kappa shape index (κ2) is 8.91. The van der Waals surface area contributed by atoms with E-state index in [2.05, 4.69) is 20.8 Å². The number of phenols is 1. The summed E-state index contributed by atoms with van der Waals surface area (Å²) in [5.41, 5.74) is 1.25. The maximum atomic E-state index is 9.42. The molecular formula is C22H34O5. The van der Waals surface area contributed by atoms with Gasteiger partial charge in [-0.1, -0.05) is 45.7 Å². The van der Waals surface area contributed by atoms with Gasteiger partial charge in [0.25, 0.3) is 0 Å². The predicted molar refractivity (Wildman–Crippen MR) is 103 cm³/mol. The third-order valence-electron chi connectivity index (χ3n) is 5.72. The molecule has 2 saturated carbocycles. The lowest BCUT2D eigenvalue weighted by Crippen LogP contribution is -2.53. The fraction of sp³-hybridized carbons (Fsp3) is 0.727. The molecule has 0 amide bonds. The molecule has 0 aromatic heterocycles. The van der Waals surface area contributed by atoms with Gasteiger partial charge < -0.3 is 5.11 Å². The number of hydrogen-bond donors (Lipinski definition) is 1. The quantitative estimate of drug-likeness (QED) is 0.609. The van der Waals surface area contributed by atoms with Crippen LogP contribution in [0.1, 0.15) is 90.0 Å². The van der Waals surface area contributed by atoms with Gasteiger partial charge in [-0.25, -0.2) is 0 Å². The van der Waals surface area contributed by atoms with Crippen LogP contribution in [0.15, 0.2) is 24.3 Å². The zero-order valence-corrected chi connectivity index (χ0v) is 16.9. The van der Waals surface area contributed by atoms with Crippen molar-refractivity contribution in [2.45, 2.75) is 96.1 Å².